The number of hydrogen-bond donors (Lipinski definition) is 1. The summed E-state index contributed by atoms with van der Waals surface area (Å²) in [6, 6.07) is 1.54. The first-order valence-corrected chi connectivity index (χ1v) is 4.10. The number of carboxylic acid groups (broad SMARTS) is 1. The molecule has 0 aliphatic carbocycles. The van der Waals surface area contributed by atoms with Crippen molar-refractivity contribution in [3.8, 4) is 6.07 Å². The molecule has 5 heteroatoms. The minimum atomic E-state index is -1.09. The van der Waals surface area contributed by atoms with Gasteiger partial charge in [-0.15, -0.1) is 0 Å². The van der Waals surface area contributed by atoms with Crippen LogP contribution in [0.1, 0.15) is 13.8 Å². The molecule has 0 radical (unpaired) electrons. The summed E-state index contributed by atoms with van der Waals surface area (Å²) in [5.41, 5.74) is -0.249. The van der Waals surface area contributed by atoms with Gasteiger partial charge in [0.15, 0.2) is 0 Å². The van der Waals surface area contributed by atoms with Crippen LogP contribution in [0.5, 0.6) is 0 Å². The van der Waals surface area contributed by atoms with E-state index in [2.05, 4.69) is 6.58 Å². The molecular weight excluding hydrogens is 198 g/mol. The van der Waals surface area contributed by atoms with Crippen molar-refractivity contribution in [2.75, 3.05) is 0 Å². The van der Waals surface area contributed by atoms with Gasteiger partial charge >= 0.3 is 11.9 Å². The second-order valence-corrected chi connectivity index (χ2v) is 2.86. The lowest BCUT2D eigenvalue weighted by molar-refractivity contribution is -0.141. The highest BCUT2D eigenvalue weighted by molar-refractivity contribution is 5.92. The van der Waals surface area contributed by atoms with Gasteiger partial charge in [0.25, 0.3) is 0 Å². The largest absolute Gasteiger partial charge is 0.478 e. The average Bonchev–Trinajstić information content (AvgIpc) is 2.15. The van der Waals surface area contributed by atoms with E-state index in [1.54, 1.807) is 6.07 Å². The number of carboxylic acids is 1. The molecule has 0 heterocycles. The maximum atomic E-state index is 11.0. The molecule has 0 aromatic rings. The fourth-order valence-corrected chi connectivity index (χ4v) is 0.743. The number of hydrogen-bond acceptors (Lipinski definition) is 4. The van der Waals surface area contributed by atoms with Gasteiger partial charge in [-0.1, -0.05) is 6.58 Å². The summed E-state index contributed by atoms with van der Waals surface area (Å²) in [6.07, 6.45) is 0.559. The monoisotopic (exact) mass is 209 g/mol. The number of aliphatic carboxylic acids is 1. The quantitative estimate of drug-likeness (QED) is 0.424. The van der Waals surface area contributed by atoms with Crippen LogP contribution < -0.4 is 0 Å². The molecule has 0 saturated heterocycles. The van der Waals surface area contributed by atoms with Crippen LogP contribution in [-0.4, -0.2) is 23.1 Å². The molecule has 1 unspecified atom stereocenters. The third kappa shape index (κ3) is 4.62. The molecular formula is C10H11NO4. The van der Waals surface area contributed by atoms with Crippen molar-refractivity contribution in [2.45, 2.75) is 20.0 Å². The fourth-order valence-electron chi connectivity index (χ4n) is 0.743. The van der Waals surface area contributed by atoms with Crippen molar-refractivity contribution in [2.24, 2.45) is 0 Å². The van der Waals surface area contributed by atoms with Crippen LogP contribution in [0.25, 0.3) is 0 Å². The molecule has 0 aromatic carbocycles. The van der Waals surface area contributed by atoms with E-state index in [1.807, 2.05) is 0 Å². The number of carbonyl (C=O) groups is 2. The standard InChI is InChI=1S/C10H11NO4/c1-6(9(12)13)4-8(3)15-10(14)7(2)5-11/h4,8H,2H2,1,3H3,(H,12,13). The van der Waals surface area contributed by atoms with E-state index in [0.29, 0.717) is 0 Å². The van der Waals surface area contributed by atoms with Crippen LogP contribution in [0, 0.1) is 11.3 Å². The molecule has 0 aromatic heterocycles. The molecule has 1 N–H and O–H groups in total. The predicted molar refractivity (Wildman–Crippen MR) is 51.7 cm³/mol. The Kier molecular flexibility index (Phi) is 4.82. The van der Waals surface area contributed by atoms with E-state index < -0.39 is 18.0 Å². The second kappa shape index (κ2) is 5.60. The maximum absolute atomic E-state index is 11.0. The van der Waals surface area contributed by atoms with Gasteiger partial charge in [-0.3, -0.25) is 0 Å². The molecule has 0 fully saturated rings. The van der Waals surface area contributed by atoms with E-state index >= 15 is 0 Å². The number of carbonyl (C=O) groups excluding carboxylic acids is 1. The Labute approximate surface area is 87.3 Å². The number of nitrogens with zero attached hydrogens (tertiary/aromatic N) is 1. The molecule has 5 nitrogen and oxygen atoms in total. The van der Waals surface area contributed by atoms with E-state index in [1.165, 1.54) is 19.9 Å². The Hall–Kier alpha value is -2.09. The molecule has 1 atom stereocenters. The van der Waals surface area contributed by atoms with Crippen molar-refractivity contribution in [3.63, 3.8) is 0 Å². The van der Waals surface area contributed by atoms with Gasteiger partial charge in [0.05, 0.1) is 0 Å². The summed E-state index contributed by atoms with van der Waals surface area (Å²) in [6.45, 7) is 6.04. The van der Waals surface area contributed by atoms with Crippen LogP contribution in [0.2, 0.25) is 0 Å². The first kappa shape index (κ1) is 12.9. The first-order valence-electron chi connectivity index (χ1n) is 4.10. The van der Waals surface area contributed by atoms with Crippen molar-refractivity contribution in [3.05, 3.63) is 23.8 Å². The summed E-state index contributed by atoms with van der Waals surface area (Å²) in [7, 11) is 0. The van der Waals surface area contributed by atoms with Crippen LogP contribution in [-0.2, 0) is 14.3 Å². The molecule has 0 spiro atoms. The first-order chi connectivity index (χ1) is 6.88. The minimum Gasteiger partial charge on any atom is -0.478 e. The summed E-state index contributed by atoms with van der Waals surface area (Å²) < 4.78 is 4.72. The molecule has 0 aliphatic heterocycles. The number of ether oxygens (including phenoxy) is 1. The summed E-state index contributed by atoms with van der Waals surface area (Å²) in [4.78, 5) is 21.4. The lowest BCUT2D eigenvalue weighted by Crippen LogP contribution is -2.15. The summed E-state index contributed by atoms with van der Waals surface area (Å²) in [5, 5.41) is 16.9. The van der Waals surface area contributed by atoms with E-state index in [4.69, 9.17) is 15.1 Å². The fraction of sp³-hybridized carbons (Fsp3) is 0.300. The van der Waals surface area contributed by atoms with Crippen molar-refractivity contribution in [1.82, 2.24) is 0 Å². The molecule has 0 amide bonds. The van der Waals surface area contributed by atoms with Gasteiger partial charge in [0.1, 0.15) is 17.7 Å². The van der Waals surface area contributed by atoms with Crippen molar-refractivity contribution < 1.29 is 19.4 Å². The summed E-state index contributed by atoms with van der Waals surface area (Å²) in [5.74, 6) is -1.93. The Morgan fingerprint density at radius 3 is 2.53 bits per heavy atom. The Bertz CT molecular complexity index is 362. The molecule has 0 bridgehead atoms. The second-order valence-electron chi connectivity index (χ2n) is 2.86. The molecule has 80 valence electrons. The number of esters is 1. The highest BCUT2D eigenvalue weighted by Gasteiger charge is 2.12. The highest BCUT2D eigenvalue weighted by atomic mass is 16.5. The van der Waals surface area contributed by atoms with E-state index in [-0.39, 0.29) is 11.1 Å². The van der Waals surface area contributed by atoms with Gasteiger partial charge in [0, 0.05) is 5.57 Å². The van der Waals surface area contributed by atoms with Gasteiger partial charge in [-0.2, -0.15) is 5.26 Å². The third-order valence-electron chi connectivity index (χ3n) is 1.50. The average molecular weight is 209 g/mol. The Morgan fingerprint density at radius 1 is 1.60 bits per heavy atom. The van der Waals surface area contributed by atoms with Crippen molar-refractivity contribution in [1.29, 1.82) is 5.26 Å². The smallest absolute Gasteiger partial charge is 0.348 e. The van der Waals surface area contributed by atoms with Crippen LogP contribution in [0.3, 0.4) is 0 Å². The van der Waals surface area contributed by atoms with Crippen molar-refractivity contribution >= 4 is 11.9 Å². The van der Waals surface area contributed by atoms with E-state index in [0.717, 1.165) is 0 Å². The lowest BCUT2D eigenvalue weighted by atomic mass is 10.2. The van der Waals surface area contributed by atoms with Crippen LogP contribution >= 0.6 is 0 Å². The zero-order chi connectivity index (χ0) is 12.0. The Balaban J connectivity index is 4.41. The normalized spacial score (nSPS) is 12.5. The highest BCUT2D eigenvalue weighted by Crippen LogP contribution is 2.03. The molecule has 15 heavy (non-hydrogen) atoms. The van der Waals surface area contributed by atoms with E-state index in [9.17, 15) is 9.59 Å². The van der Waals surface area contributed by atoms with Gasteiger partial charge in [-0.25, -0.2) is 9.59 Å². The topological polar surface area (TPSA) is 87.4 Å². The SMILES string of the molecule is C=C(C#N)C(=O)OC(C)C=C(C)C(=O)O. The van der Waals surface area contributed by atoms with Gasteiger partial charge in [0.2, 0.25) is 0 Å². The maximum Gasteiger partial charge on any atom is 0.348 e. The predicted octanol–water partition coefficient (Wildman–Crippen LogP) is 1.03. The van der Waals surface area contributed by atoms with Gasteiger partial charge < -0.3 is 9.84 Å². The lowest BCUT2D eigenvalue weighted by Gasteiger charge is -2.08. The molecule has 0 saturated carbocycles. The number of nitriles is 1. The zero-order valence-electron chi connectivity index (χ0n) is 8.48. The van der Waals surface area contributed by atoms with Gasteiger partial charge in [-0.05, 0) is 19.9 Å². The molecule has 0 rings (SSSR count). The number of rotatable bonds is 4. The zero-order valence-corrected chi connectivity index (χ0v) is 8.48. The third-order valence-corrected chi connectivity index (χ3v) is 1.50. The van der Waals surface area contributed by atoms with Crippen LogP contribution in [0.4, 0.5) is 0 Å². The molecule has 0 aliphatic rings. The van der Waals surface area contributed by atoms with Crippen LogP contribution in [0.15, 0.2) is 23.8 Å². The minimum absolute atomic E-state index is 0.0675. The summed E-state index contributed by atoms with van der Waals surface area (Å²) >= 11 is 0. The Morgan fingerprint density at radius 2 is 2.13 bits per heavy atom.